The minimum atomic E-state index is 0.961. The van der Waals surface area contributed by atoms with E-state index < -0.39 is 0 Å². The zero-order chi connectivity index (χ0) is 12.8. The van der Waals surface area contributed by atoms with Gasteiger partial charge in [0.05, 0.1) is 0 Å². The Bertz CT molecular complexity index is 376. The maximum Gasteiger partial charge on any atom is 0.0423 e. The van der Waals surface area contributed by atoms with E-state index in [2.05, 4.69) is 63.0 Å². The van der Waals surface area contributed by atoms with Gasteiger partial charge in [0.25, 0.3) is 0 Å². The second-order valence-corrected chi connectivity index (χ2v) is 6.65. The van der Waals surface area contributed by atoms with E-state index in [0.717, 1.165) is 13.1 Å². The Labute approximate surface area is 123 Å². The third kappa shape index (κ3) is 3.90. The van der Waals surface area contributed by atoms with Crippen LogP contribution in [0.4, 0.5) is 5.69 Å². The summed E-state index contributed by atoms with van der Waals surface area (Å²) in [6.07, 6.45) is 1.29. The number of nitrogens with zero attached hydrogens (tertiary/aromatic N) is 1. The summed E-state index contributed by atoms with van der Waals surface area (Å²) in [6.45, 7) is 6.48. The van der Waals surface area contributed by atoms with E-state index in [1.54, 1.807) is 0 Å². The summed E-state index contributed by atoms with van der Waals surface area (Å²) in [6, 6.07) is 6.64. The van der Waals surface area contributed by atoms with Gasteiger partial charge in [-0.3, -0.25) is 0 Å². The number of benzene rings is 1. The molecule has 1 aliphatic heterocycles. The van der Waals surface area contributed by atoms with Crippen LogP contribution in [0.3, 0.4) is 0 Å². The molecule has 1 saturated heterocycles. The number of hydrogen-bond acceptors (Lipinski definition) is 3. The second-order valence-electron chi connectivity index (χ2n) is 4.51. The quantitative estimate of drug-likeness (QED) is 0.910. The van der Waals surface area contributed by atoms with Crippen LogP contribution in [0.25, 0.3) is 0 Å². The Hall–Kier alpha value is -0.190. The predicted molar refractivity (Wildman–Crippen MR) is 85.7 cm³/mol. The van der Waals surface area contributed by atoms with Crippen LogP contribution >= 0.6 is 27.7 Å². The van der Waals surface area contributed by atoms with Crippen molar-refractivity contribution in [2.24, 2.45) is 0 Å². The van der Waals surface area contributed by atoms with Crippen molar-refractivity contribution in [1.29, 1.82) is 0 Å². The Kier molecular flexibility index (Phi) is 5.86. The fourth-order valence-electron chi connectivity index (χ4n) is 2.23. The molecule has 2 nitrogen and oxygen atoms in total. The lowest BCUT2D eigenvalue weighted by atomic mass is 10.1. The topological polar surface area (TPSA) is 15.3 Å². The van der Waals surface area contributed by atoms with E-state index >= 15 is 0 Å². The van der Waals surface area contributed by atoms with Gasteiger partial charge in [0.1, 0.15) is 0 Å². The highest BCUT2D eigenvalue weighted by Crippen LogP contribution is 2.27. The van der Waals surface area contributed by atoms with Crippen LogP contribution in [0.1, 0.15) is 18.9 Å². The molecular weight excluding hydrogens is 308 g/mol. The van der Waals surface area contributed by atoms with E-state index in [4.69, 9.17) is 0 Å². The molecule has 1 fully saturated rings. The van der Waals surface area contributed by atoms with Gasteiger partial charge in [-0.25, -0.2) is 0 Å². The number of anilines is 1. The fraction of sp³-hybridized carbons (Fsp3) is 0.571. The van der Waals surface area contributed by atoms with Gasteiger partial charge in [0, 0.05) is 35.5 Å². The summed E-state index contributed by atoms with van der Waals surface area (Å²) >= 11 is 5.67. The zero-order valence-corrected chi connectivity index (χ0v) is 13.3. The van der Waals surface area contributed by atoms with Crippen molar-refractivity contribution in [2.45, 2.75) is 19.9 Å². The molecule has 0 spiro atoms. The van der Waals surface area contributed by atoms with Crippen molar-refractivity contribution in [3.63, 3.8) is 0 Å². The first-order valence-electron chi connectivity index (χ1n) is 6.63. The normalized spacial score (nSPS) is 16.7. The maximum absolute atomic E-state index is 3.60. The third-order valence-corrected chi connectivity index (χ3v) is 4.72. The second kappa shape index (κ2) is 7.41. The van der Waals surface area contributed by atoms with Crippen LogP contribution in [-0.4, -0.2) is 31.1 Å². The predicted octanol–water partition coefficient (Wildman–Crippen LogP) is 3.50. The van der Waals surface area contributed by atoms with Gasteiger partial charge in [-0.05, 0) is 36.4 Å². The lowest BCUT2D eigenvalue weighted by molar-refractivity contribution is 0.718. The average molecular weight is 329 g/mol. The molecule has 1 aromatic carbocycles. The van der Waals surface area contributed by atoms with E-state index in [0.29, 0.717) is 0 Å². The molecule has 0 saturated carbocycles. The van der Waals surface area contributed by atoms with Crippen LogP contribution in [0.15, 0.2) is 22.7 Å². The van der Waals surface area contributed by atoms with E-state index in [-0.39, 0.29) is 0 Å². The summed E-state index contributed by atoms with van der Waals surface area (Å²) in [7, 11) is 0. The van der Waals surface area contributed by atoms with Crippen LogP contribution in [-0.2, 0) is 6.54 Å². The fourth-order valence-corrected chi connectivity index (χ4v) is 3.46. The highest BCUT2D eigenvalue weighted by atomic mass is 79.9. The molecule has 0 radical (unpaired) electrons. The molecule has 2 rings (SSSR count). The largest absolute Gasteiger partial charge is 0.370 e. The molecule has 1 aromatic rings. The molecule has 1 N–H and O–H groups in total. The lowest BCUT2D eigenvalue weighted by Gasteiger charge is -2.25. The van der Waals surface area contributed by atoms with Gasteiger partial charge < -0.3 is 10.2 Å². The summed E-state index contributed by atoms with van der Waals surface area (Å²) in [5.74, 6) is 2.54. The molecule has 0 atom stereocenters. The van der Waals surface area contributed by atoms with E-state index in [1.807, 2.05) is 0 Å². The van der Waals surface area contributed by atoms with E-state index in [9.17, 15) is 0 Å². The average Bonchev–Trinajstić information content (AvgIpc) is 2.66. The van der Waals surface area contributed by atoms with Gasteiger partial charge in [-0.15, -0.1) is 0 Å². The van der Waals surface area contributed by atoms with E-state index in [1.165, 1.54) is 46.7 Å². The third-order valence-electron chi connectivity index (χ3n) is 3.18. The molecule has 18 heavy (non-hydrogen) atoms. The summed E-state index contributed by atoms with van der Waals surface area (Å²) < 4.78 is 1.18. The summed E-state index contributed by atoms with van der Waals surface area (Å²) in [5, 5.41) is 3.43. The van der Waals surface area contributed by atoms with Crippen molar-refractivity contribution in [3.8, 4) is 0 Å². The Morgan fingerprint density at radius 3 is 3.06 bits per heavy atom. The van der Waals surface area contributed by atoms with Crippen molar-refractivity contribution in [3.05, 3.63) is 28.2 Å². The Morgan fingerprint density at radius 2 is 2.22 bits per heavy atom. The molecule has 0 amide bonds. The Morgan fingerprint density at radius 1 is 1.33 bits per heavy atom. The molecular formula is C14H21BrN2S. The SMILES string of the molecule is CCNCc1ccc(Br)cc1N1CCCSCC1. The summed E-state index contributed by atoms with van der Waals surface area (Å²) in [5.41, 5.74) is 2.81. The first-order valence-corrected chi connectivity index (χ1v) is 8.58. The monoisotopic (exact) mass is 328 g/mol. The number of thioether (sulfide) groups is 1. The first-order chi connectivity index (χ1) is 8.81. The molecule has 0 aliphatic carbocycles. The number of hydrogen-bond donors (Lipinski definition) is 1. The number of halogens is 1. The number of rotatable bonds is 4. The smallest absolute Gasteiger partial charge is 0.0423 e. The molecule has 4 heteroatoms. The lowest BCUT2D eigenvalue weighted by Crippen LogP contribution is -2.27. The van der Waals surface area contributed by atoms with Crippen molar-refractivity contribution in [2.75, 3.05) is 36.0 Å². The van der Waals surface area contributed by atoms with Gasteiger partial charge in [-0.2, -0.15) is 11.8 Å². The number of nitrogens with one attached hydrogen (secondary N) is 1. The van der Waals surface area contributed by atoms with Gasteiger partial charge in [-0.1, -0.05) is 28.9 Å². The molecule has 1 heterocycles. The van der Waals surface area contributed by atoms with Crippen molar-refractivity contribution < 1.29 is 0 Å². The standard InChI is InChI=1S/C14H21BrN2S/c1-2-16-11-12-4-5-13(15)10-14(12)17-6-3-8-18-9-7-17/h4-5,10,16H,2-3,6-9,11H2,1H3. The summed E-state index contributed by atoms with van der Waals surface area (Å²) in [4.78, 5) is 2.54. The molecule has 0 aromatic heterocycles. The first kappa shape index (κ1) is 14.2. The molecule has 0 bridgehead atoms. The van der Waals surface area contributed by atoms with Gasteiger partial charge >= 0.3 is 0 Å². The maximum atomic E-state index is 3.60. The highest BCUT2D eigenvalue weighted by molar-refractivity contribution is 9.10. The van der Waals surface area contributed by atoms with Crippen LogP contribution in [0, 0.1) is 0 Å². The van der Waals surface area contributed by atoms with Crippen molar-refractivity contribution in [1.82, 2.24) is 5.32 Å². The van der Waals surface area contributed by atoms with Crippen LogP contribution in [0.2, 0.25) is 0 Å². The molecule has 1 aliphatic rings. The Balaban J connectivity index is 2.19. The molecule has 100 valence electrons. The zero-order valence-electron chi connectivity index (χ0n) is 10.9. The van der Waals surface area contributed by atoms with Crippen molar-refractivity contribution >= 4 is 33.4 Å². The van der Waals surface area contributed by atoms with Gasteiger partial charge in [0.2, 0.25) is 0 Å². The molecule has 0 unspecified atom stereocenters. The van der Waals surface area contributed by atoms with Crippen LogP contribution in [0.5, 0.6) is 0 Å². The minimum absolute atomic E-state index is 0.961. The van der Waals surface area contributed by atoms with Gasteiger partial charge in [0.15, 0.2) is 0 Å². The highest BCUT2D eigenvalue weighted by Gasteiger charge is 2.13. The minimum Gasteiger partial charge on any atom is -0.370 e. The van der Waals surface area contributed by atoms with Crippen LogP contribution < -0.4 is 10.2 Å².